The Bertz CT molecular complexity index is 462. The van der Waals surface area contributed by atoms with E-state index in [0.717, 1.165) is 38.2 Å². The standard InChI is InChI=1S/C15H25N5O/c1-3-8-15(2,16)14(21)18-12-6-5-10-20(11-12)13-7-4-9-17-19-13/h4,7,9,12H,3,5-6,8,10-11,16H2,1-2H3,(H,18,21). The first kappa shape index (κ1) is 15.7. The van der Waals surface area contributed by atoms with E-state index in [1.54, 1.807) is 13.1 Å². The third-order valence-corrected chi connectivity index (χ3v) is 3.93. The van der Waals surface area contributed by atoms with Crippen molar-refractivity contribution in [1.29, 1.82) is 0 Å². The highest BCUT2D eigenvalue weighted by Crippen LogP contribution is 2.17. The maximum Gasteiger partial charge on any atom is 0.240 e. The number of aromatic nitrogens is 2. The molecule has 0 bridgehead atoms. The van der Waals surface area contributed by atoms with Crippen LogP contribution in [-0.4, -0.2) is 40.8 Å². The fourth-order valence-corrected chi connectivity index (χ4v) is 2.75. The third-order valence-electron chi connectivity index (χ3n) is 3.93. The van der Waals surface area contributed by atoms with Crippen LogP contribution >= 0.6 is 0 Å². The molecule has 0 aliphatic carbocycles. The van der Waals surface area contributed by atoms with Gasteiger partial charge in [0, 0.05) is 25.3 Å². The minimum Gasteiger partial charge on any atom is -0.353 e. The molecule has 6 heteroatoms. The molecule has 0 radical (unpaired) electrons. The monoisotopic (exact) mass is 291 g/mol. The van der Waals surface area contributed by atoms with Gasteiger partial charge in [0.15, 0.2) is 5.82 Å². The highest BCUT2D eigenvalue weighted by Gasteiger charge is 2.30. The molecule has 1 saturated heterocycles. The van der Waals surface area contributed by atoms with Gasteiger partial charge in [-0.3, -0.25) is 4.79 Å². The molecule has 1 amide bonds. The Morgan fingerprint density at radius 3 is 3.10 bits per heavy atom. The van der Waals surface area contributed by atoms with Gasteiger partial charge in [0.25, 0.3) is 0 Å². The quantitative estimate of drug-likeness (QED) is 0.848. The minimum atomic E-state index is -0.788. The van der Waals surface area contributed by atoms with E-state index in [1.165, 1.54) is 0 Å². The summed E-state index contributed by atoms with van der Waals surface area (Å²) in [5.74, 6) is 0.802. The Kier molecular flexibility index (Phi) is 5.12. The lowest BCUT2D eigenvalue weighted by Gasteiger charge is -2.35. The van der Waals surface area contributed by atoms with Crippen LogP contribution in [-0.2, 0) is 4.79 Å². The molecule has 3 N–H and O–H groups in total. The number of hydrogen-bond donors (Lipinski definition) is 2. The molecular formula is C15H25N5O. The van der Waals surface area contributed by atoms with Gasteiger partial charge < -0.3 is 16.0 Å². The molecule has 0 saturated carbocycles. The van der Waals surface area contributed by atoms with Crippen LogP contribution in [0.5, 0.6) is 0 Å². The molecule has 1 aromatic rings. The highest BCUT2D eigenvalue weighted by atomic mass is 16.2. The van der Waals surface area contributed by atoms with E-state index in [1.807, 2.05) is 19.1 Å². The fraction of sp³-hybridized carbons (Fsp3) is 0.667. The molecule has 2 rings (SSSR count). The Morgan fingerprint density at radius 2 is 2.43 bits per heavy atom. The lowest BCUT2D eigenvalue weighted by Crippen LogP contribution is -2.57. The molecule has 1 aliphatic heterocycles. The van der Waals surface area contributed by atoms with E-state index in [9.17, 15) is 4.79 Å². The van der Waals surface area contributed by atoms with Gasteiger partial charge in [-0.2, -0.15) is 5.10 Å². The van der Waals surface area contributed by atoms with Crippen LogP contribution in [0.25, 0.3) is 0 Å². The maximum atomic E-state index is 12.3. The lowest BCUT2D eigenvalue weighted by atomic mass is 9.95. The topological polar surface area (TPSA) is 84.1 Å². The van der Waals surface area contributed by atoms with E-state index in [0.29, 0.717) is 6.42 Å². The normalized spacial score (nSPS) is 21.7. The second kappa shape index (κ2) is 6.85. The summed E-state index contributed by atoms with van der Waals surface area (Å²) in [6.07, 6.45) is 5.26. The van der Waals surface area contributed by atoms with Gasteiger partial charge in [0.05, 0.1) is 5.54 Å². The first-order chi connectivity index (χ1) is 10.0. The van der Waals surface area contributed by atoms with Crippen molar-refractivity contribution >= 4 is 11.7 Å². The molecule has 21 heavy (non-hydrogen) atoms. The lowest BCUT2D eigenvalue weighted by molar-refractivity contribution is -0.126. The van der Waals surface area contributed by atoms with Crippen molar-refractivity contribution in [2.45, 2.75) is 51.1 Å². The average molecular weight is 291 g/mol. The first-order valence-corrected chi connectivity index (χ1v) is 7.65. The van der Waals surface area contributed by atoms with Crippen molar-refractivity contribution < 1.29 is 4.79 Å². The van der Waals surface area contributed by atoms with Gasteiger partial charge in [0.2, 0.25) is 5.91 Å². The Labute approximate surface area is 126 Å². The van der Waals surface area contributed by atoms with E-state index < -0.39 is 5.54 Å². The van der Waals surface area contributed by atoms with E-state index in [2.05, 4.69) is 20.4 Å². The molecule has 2 heterocycles. The van der Waals surface area contributed by atoms with Crippen molar-refractivity contribution in [1.82, 2.24) is 15.5 Å². The van der Waals surface area contributed by atoms with Gasteiger partial charge in [0.1, 0.15) is 0 Å². The van der Waals surface area contributed by atoms with Gasteiger partial charge in [-0.05, 0) is 38.3 Å². The number of nitrogens with zero attached hydrogens (tertiary/aromatic N) is 3. The Morgan fingerprint density at radius 1 is 1.62 bits per heavy atom. The zero-order valence-electron chi connectivity index (χ0n) is 12.9. The number of rotatable bonds is 5. The molecule has 6 nitrogen and oxygen atoms in total. The van der Waals surface area contributed by atoms with Crippen LogP contribution in [0.1, 0.15) is 39.5 Å². The van der Waals surface area contributed by atoms with Crippen molar-refractivity contribution in [3.63, 3.8) is 0 Å². The number of carbonyl (C=O) groups is 1. The molecule has 116 valence electrons. The van der Waals surface area contributed by atoms with Crippen LogP contribution in [0.4, 0.5) is 5.82 Å². The zero-order valence-corrected chi connectivity index (χ0v) is 12.9. The molecule has 0 spiro atoms. The van der Waals surface area contributed by atoms with Gasteiger partial charge in [-0.15, -0.1) is 5.10 Å². The molecule has 1 aliphatic rings. The summed E-state index contributed by atoms with van der Waals surface area (Å²) >= 11 is 0. The number of piperidine rings is 1. The van der Waals surface area contributed by atoms with Crippen molar-refractivity contribution in [2.75, 3.05) is 18.0 Å². The van der Waals surface area contributed by atoms with Crippen molar-refractivity contribution in [3.8, 4) is 0 Å². The van der Waals surface area contributed by atoms with Gasteiger partial charge in [-0.25, -0.2) is 0 Å². The number of nitrogens with two attached hydrogens (primary N) is 1. The summed E-state index contributed by atoms with van der Waals surface area (Å²) in [6, 6.07) is 3.94. The predicted molar refractivity (Wildman–Crippen MR) is 82.9 cm³/mol. The summed E-state index contributed by atoms with van der Waals surface area (Å²) in [5.41, 5.74) is 5.30. The smallest absolute Gasteiger partial charge is 0.240 e. The fourth-order valence-electron chi connectivity index (χ4n) is 2.75. The number of carbonyl (C=O) groups excluding carboxylic acids is 1. The Balaban J connectivity index is 1.94. The van der Waals surface area contributed by atoms with E-state index in [4.69, 9.17) is 5.73 Å². The largest absolute Gasteiger partial charge is 0.353 e. The van der Waals surface area contributed by atoms with Crippen LogP contribution in [0.15, 0.2) is 18.3 Å². The van der Waals surface area contributed by atoms with Crippen LogP contribution in [0, 0.1) is 0 Å². The minimum absolute atomic E-state index is 0.0599. The van der Waals surface area contributed by atoms with Gasteiger partial charge in [-0.1, -0.05) is 13.3 Å². The second-order valence-electron chi connectivity index (χ2n) is 6.01. The summed E-state index contributed by atoms with van der Waals surface area (Å²) in [4.78, 5) is 14.4. The van der Waals surface area contributed by atoms with Crippen molar-refractivity contribution in [2.24, 2.45) is 5.73 Å². The summed E-state index contributed by atoms with van der Waals surface area (Å²) in [7, 11) is 0. The molecule has 1 fully saturated rings. The second-order valence-corrected chi connectivity index (χ2v) is 6.01. The highest BCUT2D eigenvalue weighted by molar-refractivity contribution is 5.85. The maximum absolute atomic E-state index is 12.3. The SMILES string of the molecule is CCCC(C)(N)C(=O)NC1CCCN(c2cccnn2)C1. The summed E-state index contributed by atoms with van der Waals surface area (Å²) < 4.78 is 0. The summed E-state index contributed by atoms with van der Waals surface area (Å²) in [5, 5.41) is 11.1. The van der Waals surface area contributed by atoms with Crippen LogP contribution in [0.3, 0.4) is 0 Å². The van der Waals surface area contributed by atoms with Crippen molar-refractivity contribution in [3.05, 3.63) is 18.3 Å². The number of amides is 1. The van der Waals surface area contributed by atoms with Gasteiger partial charge >= 0.3 is 0 Å². The predicted octanol–water partition coefficient (Wildman–Crippen LogP) is 1.08. The first-order valence-electron chi connectivity index (χ1n) is 7.65. The van der Waals surface area contributed by atoms with E-state index >= 15 is 0 Å². The number of anilines is 1. The zero-order chi connectivity index (χ0) is 15.3. The van der Waals surface area contributed by atoms with Crippen LogP contribution in [0.2, 0.25) is 0 Å². The number of hydrogen-bond acceptors (Lipinski definition) is 5. The molecular weight excluding hydrogens is 266 g/mol. The molecule has 2 unspecified atom stereocenters. The summed E-state index contributed by atoms with van der Waals surface area (Å²) in [6.45, 7) is 5.54. The number of nitrogens with one attached hydrogen (secondary N) is 1. The third kappa shape index (κ3) is 4.14. The van der Waals surface area contributed by atoms with Crippen LogP contribution < -0.4 is 16.0 Å². The average Bonchev–Trinajstić information content (AvgIpc) is 2.48. The molecule has 0 aromatic carbocycles. The molecule has 2 atom stereocenters. The molecule has 1 aromatic heterocycles. The Hall–Kier alpha value is -1.69. The van der Waals surface area contributed by atoms with E-state index in [-0.39, 0.29) is 11.9 Å².